The first kappa shape index (κ1) is 16.7. The number of ether oxygens (including phenoxy) is 2. The van der Waals surface area contributed by atoms with E-state index in [0.717, 1.165) is 0 Å². The van der Waals surface area contributed by atoms with Crippen LogP contribution in [-0.4, -0.2) is 36.3 Å². The summed E-state index contributed by atoms with van der Waals surface area (Å²) in [5.41, 5.74) is 0.781. The van der Waals surface area contributed by atoms with E-state index in [4.69, 9.17) is 9.47 Å². The molecule has 1 aliphatic heterocycles. The number of nitrogens with zero attached hydrogens (tertiary/aromatic N) is 1. The Morgan fingerprint density at radius 3 is 2.08 bits per heavy atom. The maximum absolute atomic E-state index is 12.3. The van der Waals surface area contributed by atoms with Crippen molar-refractivity contribution < 1.29 is 23.9 Å². The van der Waals surface area contributed by atoms with Crippen LogP contribution in [0.2, 0.25) is 0 Å². The molecule has 0 N–H and O–H groups in total. The molecule has 0 bridgehead atoms. The highest BCUT2D eigenvalue weighted by Gasteiger charge is 2.27. The number of carbonyl (C=O) groups excluding carboxylic acids is 3. The Morgan fingerprint density at radius 2 is 1.52 bits per heavy atom. The number of likely N-dealkylation sites (tertiary alicyclic amines) is 1. The van der Waals surface area contributed by atoms with Crippen LogP contribution in [0.4, 0.5) is 0 Å². The molecular weight excluding hydrogens is 322 g/mol. The Hall–Kier alpha value is -3.15. The van der Waals surface area contributed by atoms with Crippen LogP contribution < -0.4 is 9.47 Å². The van der Waals surface area contributed by atoms with Gasteiger partial charge in [0.25, 0.3) is 5.91 Å². The predicted molar refractivity (Wildman–Crippen MR) is 89.7 cm³/mol. The molecule has 6 heteroatoms. The molecule has 6 nitrogen and oxygen atoms in total. The van der Waals surface area contributed by atoms with Crippen LogP contribution >= 0.6 is 0 Å². The highest BCUT2D eigenvalue weighted by molar-refractivity contribution is 6.05. The van der Waals surface area contributed by atoms with E-state index in [0.29, 0.717) is 42.0 Å². The van der Waals surface area contributed by atoms with Gasteiger partial charge in [-0.2, -0.15) is 0 Å². The number of amides is 2. The first-order chi connectivity index (χ1) is 12.1. The van der Waals surface area contributed by atoms with Crippen LogP contribution in [0.5, 0.6) is 11.5 Å². The van der Waals surface area contributed by atoms with Gasteiger partial charge < -0.3 is 9.47 Å². The summed E-state index contributed by atoms with van der Waals surface area (Å²) in [6.07, 6.45) is 1.10. The van der Waals surface area contributed by atoms with Crippen molar-refractivity contribution in [3.8, 4) is 11.5 Å². The standard InChI is InChI=1S/C19H17NO5/c1-24-15-8-6-14(7-9-15)19(23)25-16-10-4-13(5-11-16)18(22)20-12-2-3-17(20)21/h4-11H,2-3,12H2,1H3. The van der Waals surface area contributed by atoms with Crippen molar-refractivity contribution in [2.75, 3.05) is 13.7 Å². The van der Waals surface area contributed by atoms with E-state index < -0.39 is 5.97 Å². The van der Waals surface area contributed by atoms with E-state index in [1.807, 2.05) is 0 Å². The smallest absolute Gasteiger partial charge is 0.343 e. The van der Waals surface area contributed by atoms with Crippen LogP contribution in [0.25, 0.3) is 0 Å². The lowest BCUT2D eigenvalue weighted by Gasteiger charge is -2.13. The molecule has 2 aromatic rings. The normalized spacial score (nSPS) is 13.6. The molecule has 1 aliphatic rings. The fourth-order valence-corrected chi connectivity index (χ4v) is 2.58. The van der Waals surface area contributed by atoms with Crippen molar-refractivity contribution in [3.63, 3.8) is 0 Å². The van der Waals surface area contributed by atoms with Gasteiger partial charge in [0, 0.05) is 18.5 Å². The van der Waals surface area contributed by atoms with Gasteiger partial charge in [0.15, 0.2) is 0 Å². The highest BCUT2D eigenvalue weighted by atomic mass is 16.5. The molecule has 0 radical (unpaired) electrons. The van der Waals surface area contributed by atoms with E-state index in [1.54, 1.807) is 43.5 Å². The Morgan fingerprint density at radius 1 is 0.920 bits per heavy atom. The number of esters is 1. The number of hydrogen-bond acceptors (Lipinski definition) is 5. The lowest BCUT2D eigenvalue weighted by atomic mass is 10.2. The molecular formula is C19H17NO5. The van der Waals surface area contributed by atoms with Gasteiger partial charge >= 0.3 is 5.97 Å². The molecule has 2 amide bonds. The molecule has 0 atom stereocenters. The zero-order valence-corrected chi connectivity index (χ0v) is 13.7. The number of rotatable bonds is 4. The van der Waals surface area contributed by atoms with E-state index in [-0.39, 0.29) is 11.8 Å². The van der Waals surface area contributed by atoms with Crippen LogP contribution in [0.3, 0.4) is 0 Å². The Bertz CT molecular complexity index is 796. The predicted octanol–water partition coefficient (Wildman–Crippen LogP) is 2.68. The summed E-state index contributed by atoms with van der Waals surface area (Å²) in [7, 11) is 1.55. The van der Waals surface area contributed by atoms with Gasteiger partial charge in [-0.3, -0.25) is 14.5 Å². The maximum atomic E-state index is 12.3. The van der Waals surface area contributed by atoms with Crippen molar-refractivity contribution in [2.24, 2.45) is 0 Å². The molecule has 25 heavy (non-hydrogen) atoms. The molecule has 1 heterocycles. The zero-order valence-electron chi connectivity index (χ0n) is 13.7. The topological polar surface area (TPSA) is 72.9 Å². The summed E-state index contributed by atoms with van der Waals surface area (Å²) < 4.78 is 10.3. The SMILES string of the molecule is COc1ccc(C(=O)Oc2ccc(C(=O)N3CCCC3=O)cc2)cc1. The summed E-state index contributed by atoms with van der Waals surface area (Å²) in [5, 5.41) is 0. The number of benzene rings is 2. The van der Waals surface area contributed by atoms with Crippen molar-refractivity contribution in [2.45, 2.75) is 12.8 Å². The average molecular weight is 339 g/mol. The third-order valence-corrected chi connectivity index (χ3v) is 3.96. The minimum atomic E-state index is -0.503. The molecule has 2 aromatic carbocycles. The molecule has 1 fully saturated rings. The summed E-state index contributed by atoms with van der Waals surface area (Å²) in [5.74, 6) is -0.00650. The average Bonchev–Trinajstić information content (AvgIpc) is 3.07. The first-order valence-electron chi connectivity index (χ1n) is 7.89. The Labute approximate surface area is 145 Å². The number of carbonyl (C=O) groups is 3. The van der Waals surface area contributed by atoms with Crippen molar-refractivity contribution in [3.05, 3.63) is 59.7 Å². The summed E-state index contributed by atoms with van der Waals surface area (Å²) in [6.45, 7) is 0.450. The molecule has 0 unspecified atom stereocenters. The molecule has 3 rings (SSSR count). The van der Waals surface area contributed by atoms with E-state index in [1.165, 1.54) is 17.0 Å². The van der Waals surface area contributed by atoms with Gasteiger partial charge in [-0.1, -0.05) is 0 Å². The molecule has 0 spiro atoms. The second-order valence-electron chi connectivity index (χ2n) is 5.60. The minimum Gasteiger partial charge on any atom is -0.497 e. The fourth-order valence-electron chi connectivity index (χ4n) is 2.58. The van der Waals surface area contributed by atoms with Crippen LogP contribution in [0.1, 0.15) is 33.6 Å². The van der Waals surface area contributed by atoms with E-state index in [2.05, 4.69) is 0 Å². The zero-order chi connectivity index (χ0) is 17.8. The summed E-state index contributed by atoms with van der Waals surface area (Å²) in [4.78, 5) is 37.2. The van der Waals surface area contributed by atoms with Crippen molar-refractivity contribution in [1.29, 1.82) is 0 Å². The van der Waals surface area contributed by atoms with Gasteiger partial charge in [-0.15, -0.1) is 0 Å². The summed E-state index contributed by atoms with van der Waals surface area (Å²) in [6, 6.07) is 12.7. The maximum Gasteiger partial charge on any atom is 0.343 e. The van der Waals surface area contributed by atoms with Gasteiger partial charge in [0.05, 0.1) is 12.7 Å². The van der Waals surface area contributed by atoms with Gasteiger partial charge in [-0.25, -0.2) is 4.79 Å². The van der Waals surface area contributed by atoms with Crippen LogP contribution in [-0.2, 0) is 4.79 Å². The van der Waals surface area contributed by atoms with Crippen molar-refractivity contribution >= 4 is 17.8 Å². The van der Waals surface area contributed by atoms with Gasteiger partial charge in [0.2, 0.25) is 5.91 Å². The quantitative estimate of drug-likeness (QED) is 0.486. The minimum absolute atomic E-state index is 0.153. The van der Waals surface area contributed by atoms with Gasteiger partial charge in [-0.05, 0) is 55.0 Å². The summed E-state index contributed by atoms with van der Waals surface area (Å²) >= 11 is 0. The monoisotopic (exact) mass is 339 g/mol. The molecule has 0 aromatic heterocycles. The fraction of sp³-hybridized carbons (Fsp3) is 0.211. The molecule has 0 saturated carbocycles. The highest BCUT2D eigenvalue weighted by Crippen LogP contribution is 2.19. The van der Waals surface area contributed by atoms with Gasteiger partial charge in [0.1, 0.15) is 11.5 Å². The third kappa shape index (κ3) is 3.68. The molecule has 0 aliphatic carbocycles. The third-order valence-electron chi connectivity index (χ3n) is 3.96. The lowest BCUT2D eigenvalue weighted by molar-refractivity contribution is -0.125. The molecule has 1 saturated heterocycles. The van der Waals surface area contributed by atoms with E-state index >= 15 is 0 Å². The van der Waals surface area contributed by atoms with Crippen LogP contribution in [0, 0.1) is 0 Å². The first-order valence-corrected chi connectivity index (χ1v) is 7.89. The molecule has 128 valence electrons. The largest absolute Gasteiger partial charge is 0.497 e. The Balaban J connectivity index is 1.66. The van der Waals surface area contributed by atoms with E-state index in [9.17, 15) is 14.4 Å². The number of methoxy groups -OCH3 is 1. The number of hydrogen-bond donors (Lipinski definition) is 0. The van der Waals surface area contributed by atoms with Crippen molar-refractivity contribution in [1.82, 2.24) is 4.90 Å². The second-order valence-corrected chi connectivity index (χ2v) is 5.60. The number of imide groups is 1. The van der Waals surface area contributed by atoms with Crippen LogP contribution in [0.15, 0.2) is 48.5 Å². The Kier molecular flexibility index (Phi) is 4.79. The second kappa shape index (κ2) is 7.17. The lowest BCUT2D eigenvalue weighted by Crippen LogP contribution is -2.31.